The Morgan fingerprint density at radius 1 is 1.29 bits per heavy atom. The van der Waals surface area contributed by atoms with Gasteiger partial charge in [0.15, 0.2) is 0 Å². The standard InChI is InChI=1S/C12H18ClN/c1-2-8-14-12(10-13)9-11-6-4-3-5-7-11/h3-7,12,14H,2,8-10H2,1H3. The van der Waals surface area contributed by atoms with Gasteiger partial charge in [-0.3, -0.25) is 0 Å². The molecule has 0 aliphatic carbocycles. The number of halogens is 1. The van der Waals surface area contributed by atoms with Crippen molar-refractivity contribution in [1.82, 2.24) is 5.32 Å². The summed E-state index contributed by atoms with van der Waals surface area (Å²) in [6.45, 7) is 3.21. The van der Waals surface area contributed by atoms with Crippen molar-refractivity contribution < 1.29 is 0 Å². The van der Waals surface area contributed by atoms with Gasteiger partial charge in [-0.2, -0.15) is 0 Å². The summed E-state index contributed by atoms with van der Waals surface area (Å²) >= 11 is 5.89. The zero-order chi connectivity index (χ0) is 10.2. The Hall–Kier alpha value is -0.530. The zero-order valence-corrected chi connectivity index (χ0v) is 9.43. The predicted octanol–water partition coefficient (Wildman–Crippen LogP) is 2.84. The molecule has 0 saturated carbocycles. The molecule has 1 atom stereocenters. The maximum absolute atomic E-state index is 5.89. The first-order valence-corrected chi connectivity index (χ1v) is 5.73. The number of alkyl halides is 1. The first-order chi connectivity index (χ1) is 6.86. The molecular weight excluding hydrogens is 194 g/mol. The van der Waals surface area contributed by atoms with E-state index in [9.17, 15) is 0 Å². The van der Waals surface area contributed by atoms with E-state index < -0.39 is 0 Å². The molecule has 0 radical (unpaired) electrons. The van der Waals surface area contributed by atoms with Crippen LogP contribution in [0.5, 0.6) is 0 Å². The summed E-state index contributed by atoms with van der Waals surface area (Å²) in [7, 11) is 0. The van der Waals surface area contributed by atoms with Crippen LogP contribution in [0.3, 0.4) is 0 Å². The molecule has 0 aromatic heterocycles. The van der Waals surface area contributed by atoms with Gasteiger partial charge in [-0.15, -0.1) is 11.6 Å². The molecule has 1 rings (SSSR count). The van der Waals surface area contributed by atoms with Gasteiger partial charge in [-0.05, 0) is 24.9 Å². The minimum atomic E-state index is 0.402. The van der Waals surface area contributed by atoms with E-state index in [0.717, 1.165) is 19.4 Å². The summed E-state index contributed by atoms with van der Waals surface area (Å²) in [6, 6.07) is 10.9. The zero-order valence-electron chi connectivity index (χ0n) is 8.67. The van der Waals surface area contributed by atoms with Crippen LogP contribution >= 0.6 is 11.6 Å². The molecule has 1 aromatic carbocycles. The fraction of sp³-hybridized carbons (Fsp3) is 0.500. The van der Waals surface area contributed by atoms with Gasteiger partial charge in [0.05, 0.1) is 0 Å². The van der Waals surface area contributed by atoms with Gasteiger partial charge in [-0.1, -0.05) is 37.3 Å². The van der Waals surface area contributed by atoms with Crippen LogP contribution < -0.4 is 5.32 Å². The second kappa shape index (κ2) is 6.86. The Morgan fingerprint density at radius 3 is 2.57 bits per heavy atom. The molecule has 0 fully saturated rings. The summed E-state index contributed by atoms with van der Waals surface area (Å²) in [5.74, 6) is 0.675. The lowest BCUT2D eigenvalue weighted by Gasteiger charge is -2.15. The minimum Gasteiger partial charge on any atom is -0.312 e. The maximum Gasteiger partial charge on any atom is 0.0380 e. The third kappa shape index (κ3) is 4.12. The van der Waals surface area contributed by atoms with E-state index in [1.807, 2.05) is 6.07 Å². The van der Waals surface area contributed by atoms with Crippen LogP contribution in [0.25, 0.3) is 0 Å². The summed E-state index contributed by atoms with van der Waals surface area (Å²) in [5, 5.41) is 3.44. The molecule has 1 unspecified atom stereocenters. The molecule has 1 nitrogen and oxygen atoms in total. The van der Waals surface area contributed by atoms with Crippen molar-refractivity contribution in [3.05, 3.63) is 35.9 Å². The number of rotatable bonds is 6. The smallest absolute Gasteiger partial charge is 0.0380 e. The Labute approximate surface area is 91.5 Å². The van der Waals surface area contributed by atoms with E-state index in [1.165, 1.54) is 5.56 Å². The molecule has 0 amide bonds. The van der Waals surface area contributed by atoms with Gasteiger partial charge in [-0.25, -0.2) is 0 Å². The molecule has 0 aliphatic heterocycles. The molecule has 0 bridgehead atoms. The van der Waals surface area contributed by atoms with Crippen molar-refractivity contribution >= 4 is 11.6 Å². The Balaban J connectivity index is 2.40. The quantitative estimate of drug-likeness (QED) is 0.714. The van der Waals surface area contributed by atoms with Gasteiger partial charge in [0, 0.05) is 11.9 Å². The van der Waals surface area contributed by atoms with E-state index in [4.69, 9.17) is 11.6 Å². The van der Waals surface area contributed by atoms with Crippen molar-refractivity contribution in [2.45, 2.75) is 25.8 Å². The molecular formula is C12H18ClN. The molecule has 0 aliphatic rings. The van der Waals surface area contributed by atoms with Crippen LogP contribution in [0.4, 0.5) is 0 Å². The van der Waals surface area contributed by atoms with E-state index in [0.29, 0.717) is 11.9 Å². The first kappa shape index (κ1) is 11.5. The molecule has 1 aromatic rings. The summed E-state index contributed by atoms with van der Waals surface area (Å²) in [4.78, 5) is 0. The SMILES string of the molecule is CCCNC(CCl)Cc1ccccc1. The second-order valence-corrected chi connectivity index (χ2v) is 3.80. The number of benzene rings is 1. The molecule has 14 heavy (non-hydrogen) atoms. The van der Waals surface area contributed by atoms with E-state index in [1.54, 1.807) is 0 Å². The highest BCUT2D eigenvalue weighted by Crippen LogP contribution is 2.04. The third-order valence-corrected chi connectivity index (χ3v) is 2.57. The highest BCUT2D eigenvalue weighted by atomic mass is 35.5. The number of nitrogens with one attached hydrogen (secondary N) is 1. The van der Waals surface area contributed by atoms with Gasteiger partial charge in [0.1, 0.15) is 0 Å². The molecule has 0 heterocycles. The minimum absolute atomic E-state index is 0.402. The monoisotopic (exact) mass is 211 g/mol. The lowest BCUT2D eigenvalue weighted by molar-refractivity contribution is 0.548. The topological polar surface area (TPSA) is 12.0 Å². The maximum atomic E-state index is 5.89. The van der Waals surface area contributed by atoms with Crippen molar-refractivity contribution in [3.63, 3.8) is 0 Å². The van der Waals surface area contributed by atoms with Crippen LogP contribution in [0.2, 0.25) is 0 Å². The normalized spacial score (nSPS) is 12.7. The summed E-state index contributed by atoms with van der Waals surface area (Å²) in [5.41, 5.74) is 1.35. The number of hydrogen-bond acceptors (Lipinski definition) is 1. The van der Waals surface area contributed by atoms with Crippen molar-refractivity contribution in [3.8, 4) is 0 Å². The van der Waals surface area contributed by atoms with Gasteiger partial charge >= 0.3 is 0 Å². The average molecular weight is 212 g/mol. The molecule has 0 spiro atoms. The van der Waals surface area contributed by atoms with Gasteiger partial charge in [0.2, 0.25) is 0 Å². The van der Waals surface area contributed by atoms with Crippen molar-refractivity contribution in [2.24, 2.45) is 0 Å². The molecule has 1 N–H and O–H groups in total. The van der Waals surface area contributed by atoms with Gasteiger partial charge < -0.3 is 5.32 Å². The average Bonchev–Trinajstić information content (AvgIpc) is 2.25. The van der Waals surface area contributed by atoms with Gasteiger partial charge in [0.25, 0.3) is 0 Å². The Morgan fingerprint density at radius 2 is 2.00 bits per heavy atom. The first-order valence-electron chi connectivity index (χ1n) is 5.20. The lowest BCUT2D eigenvalue weighted by Crippen LogP contribution is -2.33. The van der Waals surface area contributed by atoms with E-state index >= 15 is 0 Å². The number of hydrogen-bond donors (Lipinski definition) is 1. The van der Waals surface area contributed by atoms with Crippen molar-refractivity contribution in [1.29, 1.82) is 0 Å². The molecule has 78 valence electrons. The van der Waals surface area contributed by atoms with Crippen LogP contribution in [-0.4, -0.2) is 18.5 Å². The fourth-order valence-electron chi connectivity index (χ4n) is 1.43. The second-order valence-electron chi connectivity index (χ2n) is 3.50. The highest BCUT2D eigenvalue weighted by molar-refractivity contribution is 6.18. The lowest BCUT2D eigenvalue weighted by atomic mass is 10.1. The highest BCUT2D eigenvalue weighted by Gasteiger charge is 2.06. The largest absolute Gasteiger partial charge is 0.312 e. The predicted molar refractivity (Wildman–Crippen MR) is 62.9 cm³/mol. The molecule has 2 heteroatoms. The summed E-state index contributed by atoms with van der Waals surface area (Å²) < 4.78 is 0. The van der Waals surface area contributed by atoms with Crippen LogP contribution in [-0.2, 0) is 6.42 Å². The van der Waals surface area contributed by atoms with E-state index in [-0.39, 0.29) is 0 Å². The van der Waals surface area contributed by atoms with Crippen LogP contribution in [0.15, 0.2) is 30.3 Å². The molecule has 0 saturated heterocycles. The Bertz CT molecular complexity index is 235. The van der Waals surface area contributed by atoms with Crippen LogP contribution in [0.1, 0.15) is 18.9 Å². The third-order valence-electron chi connectivity index (χ3n) is 2.19. The van der Waals surface area contributed by atoms with Crippen molar-refractivity contribution in [2.75, 3.05) is 12.4 Å². The van der Waals surface area contributed by atoms with Crippen LogP contribution in [0, 0.1) is 0 Å². The van der Waals surface area contributed by atoms with E-state index in [2.05, 4.69) is 36.5 Å². The summed E-state index contributed by atoms with van der Waals surface area (Å²) in [6.07, 6.45) is 2.17. The fourth-order valence-corrected chi connectivity index (χ4v) is 1.65. The Kier molecular flexibility index (Phi) is 5.65.